The van der Waals surface area contributed by atoms with E-state index in [0.717, 1.165) is 55.1 Å². The summed E-state index contributed by atoms with van der Waals surface area (Å²) < 4.78 is 0.978. The van der Waals surface area contributed by atoms with Crippen molar-refractivity contribution in [1.29, 1.82) is 0 Å². The minimum absolute atomic E-state index is 0. The number of carbonyl (C=O) groups is 1. The van der Waals surface area contributed by atoms with Crippen LogP contribution in [0.5, 0.6) is 0 Å². The minimum Gasteiger partial charge on any atom is -0.353 e. The van der Waals surface area contributed by atoms with E-state index in [2.05, 4.69) is 37.2 Å². The molecule has 1 saturated heterocycles. The first kappa shape index (κ1) is 21.0. The largest absolute Gasteiger partial charge is 0.353 e. The third kappa shape index (κ3) is 4.31. The van der Waals surface area contributed by atoms with Gasteiger partial charge in [-0.1, -0.05) is 6.07 Å². The maximum absolute atomic E-state index is 12.8. The molecule has 1 amide bonds. The summed E-state index contributed by atoms with van der Waals surface area (Å²) in [6.45, 7) is 4.85. The highest BCUT2D eigenvalue weighted by atomic mass is 79.9. The lowest BCUT2D eigenvalue weighted by atomic mass is 10.1. The van der Waals surface area contributed by atoms with Crippen molar-refractivity contribution in [3.63, 3.8) is 0 Å². The number of anilines is 1. The summed E-state index contributed by atoms with van der Waals surface area (Å²) in [5.74, 6) is 1.10. The average molecular weight is 460 g/mol. The van der Waals surface area contributed by atoms with Crippen LogP contribution in [0.1, 0.15) is 21.5 Å². The number of fused-ring (bicyclic) bond motifs is 1. The van der Waals surface area contributed by atoms with E-state index in [-0.39, 0.29) is 30.7 Å². The molecular formula is C18H21BrCl2N4O. The van der Waals surface area contributed by atoms with Crippen molar-refractivity contribution in [2.24, 2.45) is 0 Å². The van der Waals surface area contributed by atoms with Crippen LogP contribution >= 0.6 is 40.7 Å². The van der Waals surface area contributed by atoms with Gasteiger partial charge in [-0.3, -0.25) is 4.79 Å². The van der Waals surface area contributed by atoms with E-state index in [1.807, 2.05) is 35.4 Å². The Morgan fingerprint density at radius 3 is 2.42 bits per heavy atom. The second kappa shape index (κ2) is 9.04. The molecule has 0 bridgehead atoms. The van der Waals surface area contributed by atoms with Gasteiger partial charge in [0.1, 0.15) is 5.82 Å². The first-order valence-electron chi connectivity index (χ1n) is 8.19. The van der Waals surface area contributed by atoms with Gasteiger partial charge in [0.15, 0.2) is 0 Å². The van der Waals surface area contributed by atoms with Crippen LogP contribution in [0.15, 0.2) is 41.0 Å². The Morgan fingerprint density at radius 2 is 1.73 bits per heavy atom. The molecule has 4 rings (SSSR count). The van der Waals surface area contributed by atoms with Crippen molar-refractivity contribution in [3.8, 4) is 0 Å². The number of halogens is 3. The molecule has 0 unspecified atom stereocenters. The van der Waals surface area contributed by atoms with Crippen LogP contribution in [0.4, 0.5) is 5.82 Å². The summed E-state index contributed by atoms with van der Waals surface area (Å²) in [5.41, 5.74) is 3.35. The second-order valence-corrected chi connectivity index (χ2v) is 7.12. The molecule has 2 aliphatic rings. The third-order valence-corrected chi connectivity index (χ3v) is 5.16. The number of nitrogens with zero attached hydrogens (tertiary/aromatic N) is 3. The van der Waals surface area contributed by atoms with Crippen molar-refractivity contribution in [2.75, 3.05) is 31.1 Å². The number of hydrogen-bond acceptors (Lipinski definition) is 4. The first-order valence-corrected chi connectivity index (χ1v) is 8.98. The van der Waals surface area contributed by atoms with E-state index >= 15 is 0 Å². The van der Waals surface area contributed by atoms with Gasteiger partial charge >= 0.3 is 0 Å². The zero-order chi connectivity index (χ0) is 16.5. The summed E-state index contributed by atoms with van der Waals surface area (Å²) in [4.78, 5) is 21.4. The fourth-order valence-electron chi connectivity index (χ4n) is 3.30. The summed E-state index contributed by atoms with van der Waals surface area (Å²) in [5, 5.41) is 3.32. The number of rotatable bonds is 2. The van der Waals surface area contributed by atoms with Gasteiger partial charge in [-0.05, 0) is 51.3 Å². The molecular weight excluding hydrogens is 439 g/mol. The van der Waals surface area contributed by atoms with E-state index in [4.69, 9.17) is 0 Å². The Bertz CT molecular complexity index is 764. The van der Waals surface area contributed by atoms with E-state index in [1.165, 1.54) is 11.1 Å². The number of benzene rings is 1. The molecule has 2 aromatic rings. The zero-order valence-corrected chi connectivity index (χ0v) is 17.4. The number of hydrogen-bond donors (Lipinski definition) is 1. The quantitative estimate of drug-likeness (QED) is 0.748. The highest BCUT2D eigenvalue weighted by Gasteiger charge is 2.23. The molecule has 26 heavy (non-hydrogen) atoms. The maximum atomic E-state index is 12.8. The molecule has 1 N–H and O–H groups in total. The van der Waals surface area contributed by atoms with Crippen LogP contribution in [0.25, 0.3) is 0 Å². The smallest absolute Gasteiger partial charge is 0.253 e. The standard InChI is InChI=1S/C18H19BrN4O.2ClH/c19-16-3-4-17(21-12-16)22-5-7-23(8-6-22)18(24)13-1-2-14-10-20-11-15(14)9-13;;/h1-4,9,12,20H,5-8,10-11H2;2*1H. The normalized spacial score (nSPS) is 15.7. The molecule has 2 aliphatic heterocycles. The summed E-state index contributed by atoms with van der Waals surface area (Å²) in [6.07, 6.45) is 1.81. The number of nitrogens with one attached hydrogen (secondary N) is 1. The minimum atomic E-state index is 0. The molecule has 1 aromatic heterocycles. The number of piperazine rings is 1. The molecule has 8 heteroatoms. The lowest BCUT2D eigenvalue weighted by Crippen LogP contribution is -2.49. The average Bonchev–Trinajstić information content (AvgIpc) is 3.09. The van der Waals surface area contributed by atoms with E-state index < -0.39 is 0 Å². The van der Waals surface area contributed by atoms with Gasteiger partial charge in [-0.2, -0.15) is 0 Å². The third-order valence-electron chi connectivity index (χ3n) is 4.69. The number of carbonyl (C=O) groups excluding carboxylic acids is 1. The van der Waals surface area contributed by atoms with Gasteiger partial charge in [0.05, 0.1) is 0 Å². The zero-order valence-electron chi connectivity index (χ0n) is 14.2. The summed E-state index contributed by atoms with van der Waals surface area (Å²) in [7, 11) is 0. The molecule has 1 aromatic carbocycles. The fraction of sp³-hybridized carbons (Fsp3) is 0.333. The molecule has 140 valence electrons. The molecule has 5 nitrogen and oxygen atoms in total. The maximum Gasteiger partial charge on any atom is 0.253 e. The van der Waals surface area contributed by atoms with Crippen LogP contribution < -0.4 is 10.2 Å². The lowest BCUT2D eigenvalue weighted by molar-refractivity contribution is 0.0746. The predicted octanol–water partition coefficient (Wildman–Crippen LogP) is 3.25. The van der Waals surface area contributed by atoms with E-state index in [9.17, 15) is 4.79 Å². The topological polar surface area (TPSA) is 48.5 Å². The molecule has 0 radical (unpaired) electrons. The van der Waals surface area contributed by atoms with Crippen molar-refractivity contribution in [1.82, 2.24) is 15.2 Å². The van der Waals surface area contributed by atoms with Gasteiger partial charge in [0, 0.05) is 55.5 Å². The van der Waals surface area contributed by atoms with Crippen LogP contribution in [-0.2, 0) is 13.1 Å². The van der Waals surface area contributed by atoms with Crippen LogP contribution in [0.2, 0.25) is 0 Å². The van der Waals surface area contributed by atoms with E-state index in [1.54, 1.807) is 0 Å². The van der Waals surface area contributed by atoms with Crippen LogP contribution in [0, 0.1) is 0 Å². The molecule has 0 atom stereocenters. The SMILES string of the molecule is Cl.Cl.O=C(c1ccc2c(c1)CNC2)N1CCN(c2ccc(Br)cn2)CC1. The van der Waals surface area contributed by atoms with Crippen molar-refractivity contribution < 1.29 is 4.79 Å². The van der Waals surface area contributed by atoms with Crippen LogP contribution in [-0.4, -0.2) is 42.0 Å². The van der Waals surface area contributed by atoms with Gasteiger partial charge in [0.2, 0.25) is 0 Å². The Balaban J connectivity index is 0.00000121. The molecule has 1 fully saturated rings. The van der Waals surface area contributed by atoms with Gasteiger partial charge < -0.3 is 15.1 Å². The molecule has 0 aliphatic carbocycles. The van der Waals surface area contributed by atoms with Gasteiger partial charge in [-0.25, -0.2) is 4.98 Å². The van der Waals surface area contributed by atoms with Gasteiger partial charge in [-0.15, -0.1) is 24.8 Å². The number of pyridine rings is 1. The van der Waals surface area contributed by atoms with Crippen molar-refractivity contribution in [3.05, 3.63) is 57.7 Å². The Labute approximate surface area is 174 Å². The first-order chi connectivity index (χ1) is 11.7. The highest BCUT2D eigenvalue weighted by molar-refractivity contribution is 9.10. The summed E-state index contributed by atoms with van der Waals surface area (Å²) in [6, 6.07) is 10.1. The Morgan fingerprint density at radius 1 is 1.00 bits per heavy atom. The predicted molar refractivity (Wildman–Crippen MR) is 112 cm³/mol. The monoisotopic (exact) mass is 458 g/mol. The number of amides is 1. The Hall–Kier alpha value is -1.34. The molecule has 0 spiro atoms. The summed E-state index contributed by atoms with van der Waals surface area (Å²) >= 11 is 3.41. The van der Waals surface area contributed by atoms with Crippen molar-refractivity contribution >= 4 is 52.5 Å². The van der Waals surface area contributed by atoms with Crippen LogP contribution in [0.3, 0.4) is 0 Å². The van der Waals surface area contributed by atoms with Crippen molar-refractivity contribution in [2.45, 2.75) is 13.1 Å². The Kier molecular flexibility index (Phi) is 7.29. The van der Waals surface area contributed by atoms with E-state index in [0.29, 0.717) is 0 Å². The second-order valence-electron chi connectivity index (χ2n) is 6.20. The highest BCUT2D eigenvalue weighted by Crippen LogP contribution is 2.20. The molecule has 0 saturated carbocycles. The van der Waals surface area contributed by atoms with Gasteiger partial charge in [0.25, 0.3) is 5.91 Å². The lowest BCUT2D eigenvalue weighted by Gasteiger charge is -2.35. The molecule has 3 heterocycles. The fourth-order valence-corrected chi connectivity index (χ4v) is 3.54. The number of aromatic nitrogens is 1.